The predicted molar refractivity (Wildman–Crippen MR) is 138 cm³/mol. The Morgan fingerprint density at radius 2 is 1.92 bits per heavy atom. The third kappa shape index (κ3) is 3.69. The molecule has 2 aliphatic heterocycles. The first-order valence-electron chi connectivity index (χ1n) is 11.8. The van der Waals surface area contributed by atoms with Gasteiger partial charge in [0.2, 0.25) is 5.95 Å². The van der Waals surface area contributed by atoms with Crippen LogP contribution in [-0.2, 0) is 7.05 Å². The Morgan fingerprint density at radius 1 is 1.17 bits per heavy atom. The van der Waals surface area contributed by atoms with Crippen molar-refractivity contribution in [3.05, 3.63) is 54.4 Å². The number of rotatable bonds is 4. The number of halogens is 2. The maximum atomic E-state index is 14.8. The number of nitrogens with two attached hydrogens (primary N) is 1. The third-order valence-electron chi connectivity index (χ3n) is 7.36. The predicted octanol–water partition coefficient (Wildman–Crippen LogP) is 4.30. The van der Waals surface area contributed by atoms with E-state index in [0.29, 0.717) is 40.2 Å². The number of ether oxygens (including phenoxy) is 1. The molecular weight excluding hydrogens is 481 g/mol. The van der Waals surface area contributed by atoms with Crippen LogP contribution in [0.2, 0.25) is 0 Å². The molecule has 1 aromatic carbocycles. The first kappa shape index (κ1) is 24.1. The van der Waals surface area contributed by atoms with Gasteiger partial charge in [0.05, 0.1) is 18.4 Å². The summed E-state index contributed by atoms with van der Waals surface area (Å²) in [7, 11) is 3.27. The monoisotopic (exact) mass is 507 g/mol. The first-order valence-corrected chi connectivity index (χ1v) is 11.8. The summed E-state index contributed by atoms with van der Waals surface area (Å²) in [5.74, 6) is 0.525. The maximum absolute atomic E-state index is 14.8. The highest BCUT2D eigenvalue weighted by Crippen LogP contribution is 2.42. The third-order valence-corrected chi connectivity index (χ3v) is 7.36. The van der Waals surface area contributed by atoms with E-state index in [1.807, 2.05) is 36.0 Å². The molecule has 0 aliphatic carbocycles. The lowest BCUT2D eigenvalue weighted by Gasteiger charge is -2.39. The fraction of sp³-hybridized carbons (Fsp3) is 0.346. The number of hydrogen-bond donors (Lipinski definition) is 1. The SMILES string of the molecule is COc1ccc(-c2c(-c3cc(C#N)n(C)c3)nc(N3C4CCC3CC(N)C4)n3ccnc23)cc1F.Cl. The molecule has 0 amide bonds. The minimum absolute atomic E-state index is 0. The molecule has 2 fully saturated rings. The van der Waals surface area contributed by atoms with Gasteiger partial charge in [-0.15, -0.1) is 12.4 Å². The molecule has 2 N–H and O–H groups in total. The Morgan fingerprint density at radius 3 is 2.56 bits per heavy atom. The lowest BCUT2D eigenvalue weighted by molar-refractivity contribution is 0.386. The van der Waals surface area contributed by atoms with Crippen molar-refractivity contribution in [1.82, 2.24) is 18.9 Å². The zero-order valence-corrected chi connectivity index (χ0v) is 20.9. The van der Waals surface area contributed by atoms with Crippen LogP contribution in [0.15, 0.2) is 42.9 Å². The maximum Gasteiger partial charge on any atom is 0.212 e. The smallest absolute Gasteiger partial charge is 0.212 e. The van der Waals surface area contributed by atoms with Gasteiger partial charge in [-0.25, -0.2) is 14.4 Å². The van der Waals surface area contributed by atoms with Gasteiger partial charge in [-0.1, -0.05) is 6.07 Å². The second kappa shape index (κ2) is 9.12. The van der Waals surface area contributed by atoms with Crippen LogP contribution in [0.4, 0.5) is 10.3 Å². The molecule has 2 unspecified atom stereocenters. The lowest BCUT2D eigenvalue weighted by atomic mass is 9.98. The van der Waals surface area contributed by atoms with Crippen molar-refractivity contribution in [1.29, 1.82) is 5.26 Å². The van der Waals surface area contributed by atoms with E-state index in [2.05, 4.69) is 16.0 Å². The average Bonchev–Trinajstić information content (AvgIpc) is 3.54. The highest BCUT2D eigenvalue weighted by atomic mass is 35.5. The molecule has 36 heavy (non-hydrogen) atoms. The van der Waals surface area contributed by atoms with Crippen LogP contribution in [-0.4, -0.2) is 44.2 Å². The molecule has 2 atom stereocenters. The molecule has 5 heterocycles. The standard InChI is InChI=1S/C26H26FN7O.ClH/c1-32-14-16(9-20(32)13-28)24-23(15-3-6-22(35-2)21(27)10-15)25-30-7-8-33(25)26(31-24)34-18-4-5-19(34)12-17(29)11-18;/h3,6-10,14,17-19H,4-5,11-12,29H2,1-2H3;1H. The molecule has 0 saturated carbocycles. The van der Waals surface area contributed by atoms with Gasteiger partial charge in [0.1, 0.15) is 17.4 Å². The van der Waals surface area contributed by atoms with Crippen molar-refractivity contribution >= 4 is 24.0 Å². The molecule has 0 radical (unpaired) electrons. The van der Waals surface area contributed by atoms with Crippen molar-refractivity contribution in [2.45, 2.75) is 43.8 Å². The number of benzene rings is 1. The number of nitrogens with zero attached hydrogens (tertiary/aromatic N) is 6. The van der Waals surface area contributed by atoms with E-state index >= 15 is 0 Å². The second-order valence-electron chi connectivity index (χ2n) is 9.47. The van der Waals surface area contributed by atoms with Crippen LogP contribution in [0.25, 0.3) is 28.0 Å². The molecule has 186 valence electrons. The zero-order valence-electron chi connectivity index (χ0n) is 20.1. The summed E-state index contributed by atoms with van der Waals surface area (Å²) in [4.78, 5) is 12.3. The van der Waals surface area contributed by atoms with Crippen LogP contribution in [0, 0.1) is 17.1 Å². The summed E-state index contributed by atoms with van der Waals surface area (Å²) in [6, 6.07) is 9.76. The Labute approximate surface area is 214 Å². The van der Waals surface area contributed by atoms with Crippen LogP contribution in [0.5, 0.6) is 5.75 Å². The molecule has 8 nitrogen and oxygen atoms in total. The molecule has 2 bridgehead atoms. The largest absolute Gasteiger partial charge is 0.494 e. The van der Waals surface area contributed by atoms with E-state index in [9.17, 15) is 9.65 Å². The number of methoxy groups -OCH3 is 1. The summed E-state index contributed by atoms with van der Waals surface area (Å²) >= 11 is 0. The number of fused-ring (bicyclic) bond motifs is 3. The number of aryl methyl sites for hydroxylation is 1. The highest BCUT2D eigenvalue weighted by molar-refractivity contribution is 5.91. The van der Waals surface area contributed by atoms with Crippen molar-refractivity contribution in [2.24, 2.45) is 12.8 Å². The van der Waals surface area contributed by atoms with E-state index < -0.39 is 5.82 Å². The summed E-state index contributed by atoms with van der Waals surface area (Å²) in [5.41, 5.74) is 10.3. The summed E-state index contributed by atoms with van der Waals surface area (Å²) < 4.78 is 23.7. The van der Waals surface area contributed by atoms with E-state index in [-0.39, 0.29) is 24.2 Å². The van der Waals surface area contributed by atoms with Crippen LogP contribution < -0.4 is 15.4 Å². The summed E-state index contributed by atoms with van der Waals surface area (Å²) in [6.07, 6.45) is 9.57. The van der Waals surface area contributed by atoms with Gasteiger partial charge in [0.15, 0.2) is 11.6 Å². The molecule has 0 spiro atoms. The van der Waals surface area contributed by atoms with Crippen LogP contribution in [0.3, 0.4) is 0 Å². The van der Waals surface area contributed by atoms with E-state index in [1.54, 1.807) is 16.8 Å². The van der Waals surface area contributed by atoms with E-state index in [1.165, 1.54) is 13.2 Å². The number of anilines is 1. The van der Waals surface area contributed by atoms with Crippen molar-refractivity contribution in [3.8, 4) is 34.2 Å². The van der Waals surface area contributed by atoms with Crippen molar-refractivity contribution in [2.75, 3.05) is 12.0 Å². The first-order chi connectivity index (χ1) is 17.0. The van der Waals surface area contributed by atoms with E-state index in [4.69, 9.17) is 15.5 Å². The number of aromatic nitrogens is 4. The summed E-state index contributed by atoms with van der Waals surface area (Å²) in [5, 5.41) is 9.57. The Bertz CT molecular complexity index is 1480. The molecule has 3 aromatic heterocycles. The Kier molecular flexibility index (Phi) is 6.10. The molecular formula is C26H27ClFN7O. The highest BCUT2D eigenvalue weighted by Gasteiger charge is 2.41. The lowest BCUT2D eigenvalue weighted by Crippen LogP contribution is -2.48. The molecule has 10 heteroatoms. The molecule has 2 saturated heterocycles. The number of nitriles is 1. The number of piperidine rings is 1. The van der Waals surface area contributed by atoms with Gasteiger partial charge >= 0.3 is 0 Å². The number of hydrogen-bond acceptors (Lipinski definition) is 6. The van der Waals surface area contributed by atoms with Crippen molar-refractivity contribution in [3.63, 3.8) is 0 Å². The average molecular weight is 508 g/mol. The quantitative estimate of drug-likeness (QED) is 0.442. The van der Waals surface area contributed by atoms with Gasteiger partial charge in [0, 0.05) is 49.3 Å². The van der Waals surface area contributed by atoms with Crippen LogP contribution >= 0.6 is 12.4 Å². The van der Waals surface area contributed by atoms with Gasteiger partial charge in [-0.3, -0.25) is 4.40 Å². The fourth-order valence-electron chi connectivity index (χ4n) is 5.80. The van der Waals surface area contributed by atoms with E-state index in [0.717, 1.165) is 37.2 Å². The Balaban J connectivity index is 0.00000267. The minimum Gasteiger partial charge on any atom is -0.494 e. The second-order valence-corrected chi connectivity index (χ2v) is 9.47. The topological polar surface area (TPSA) is 97.4 Å². The van der Waals surface area contributed by atoms with Gasteiger partial charge in [-0.05, 0) is 49.4 Å². The normalized spacial score (nSPS) is 20.9. The van der Waals surface area contributed by atoms with Gasteiger partial charge in [-0.2, -0.15) is 5.26 Å². The zero-order chi connectivity index (χ0) is 24.3. The number of imidazole rings is 1. The van der Waals surface area contributed by atoms with Gasteiger partial charge in [0.25, 0.3) is 0 Å². The fourth-order valence-corrected chi connectivity index (χ4v) is 5.80. The molecule has 2 aliphatic rings. The summed E-state index contributed by atoms with van der Waals surface area (Å²) in [6.45, 7) is 0. The molecule has 4 aromatic rings. The van der Waals surface area contributed by atoms with Crippen molar-refractivity contribution < 1.29 is 9.13 Å². The Hall–Kier alpha value is -3.61. The minimum atomic E-state index is -0.460. The molecule has 6 rings (SSSR count). The van der Waals surface area contributed by atoms with Crippen LogP contribution in [0.1, 0.15) is 31.4 Å². The van der Waals surface area contributed by atoms with Gasteiger partial charge < -0.3 is 19.9 Å².